The van der Waals surface area contributed by atoms with E-state index in [2.05, 4.69) is 34.0 Å². The number of fused-ring (bicyclic) bond motifs is 4. The third kappa shape index (κ3) is 3.67. The Balaban J connectivity index is 1.40. The second kappa shape index (κ2) is 8.03. The van der Waals surface area contributed by atoms with E-state index in [4.69, 9.17) is 19.9 Å². The highest BCUT2D eigenvalue weighted by Crippen LogP contribution is 2.51. The molecule has 0 aromatic carbocycles. The maximum atomic E-state index is 7.13. The Kier molecular flexibility index (Phi) is 5.23. The Labute approximate surface area is 194 Å². The molecule has 0 bridgehead atoms. The highest BCUT2D eigenvalue weighted by Gasteiger charge is 2.50. The lowest BCUT2D eigenvalue weighted by Gasteiger charge is -2.50. The van der Waals surface area contributed by atoms with Gasteiger partial charge in [0, 0.05) is 32.1 Å². The van der Waals surface area contributed by atoms with Gasteiger partial charge in [-0.15, -0.1) is 0 Å². The Hall–Kier alpha value is -2.03. The van der Waals surface area contributed by atoms with Crippen molar-refractivity contribution in [2.75, 3.05) is 44.7 Å². The molecule has 6 rings (SSSR count). The fraction of sp³-hybridized carbons (Fsp3) is 0.720. The van der Waals surface area contributed by atoms with Gasteiger partial charge in [-0.2, -0.15) is 0 Å². The van der Waals surface area contributed by atoms with Crippen LogP contribution in [0.1, 0.15) is 52.4 Å². The van der Waals surface area contributed by atoms with Gasteiger partial charge >= 0.3 is 0 Å². The first-order valence-electron chi connectivity index (χ1n) is 12.6. The molecule has 2 aliphatic heterocycles. The third-order valence-corrected chi connectivity index (χ3v) is 8.41. The number of morpholine rings is 1. The van der Waals surface area contributed by atoms with Gasteiger partial charge in [-0.3, -0.25) is 4.90 Å². The second-order valence-electron chi connectivity index (χ2n) is 11.1. The Morgan fingerprint density at radius 2 is 2.00 bits per heavy atom. The average molecular weight is 453 g/mol. The normalized spacial score (nSPS) is 29.8. The minimum atomic E-state index is -0.553. The van der Waals surface area contributed by atoms with Crippen LogP contribution in [0.15, 0.2) is 15.7 Å². The van der Waals surface area contributed by atoms with Crippen LogP contribution in [-0.2, 0) is 4.74 Å². The molecule has 178 valence electrons. The molecule has 4 heterocycles. The smallest absolute Gasteiger partial charge is 0.226 e. The monoisotopic (exact) mass is 452 g/mol. The number of anilines is 1. The van der Waals surface area contributed by atoms with Crippen LogP contribution >= 0.6 is 0 Å². The molecule has 8 heteroatoms. The molecule has 0 spiro atoms. The SMILES string of the molecule is CC1(C)CCC2C(=c3c(oc4c(NCCN5CCOCC5)ncnc34)=NC2(N)C2CCC2)C1. The van der Waals surface area contributed by atoms with Gasteiger partial charge in [0.25, 0.3) is 0 Å². The van der Waals surface area contributed by atoms with Crippen LogP contribution in [0.25, 0.3) is 16.7 Å². The molecule has 4 aliphatic rings. The van der Waals surface area contributed by atoms with Crippen molar-refractivity contribution in [3.05, 3.63) is 17.1 Å². The summed E-state index contributed by atoms with van der Waals surface area (Å²) in [6.07, 6.45) is 8.51. The van der Waals surface area contributed by atoms with E-state index in [1.807, 2.05) is 0 Å². The van der Waals surface area contributed by atoms with Crippen LogP contribution in [0.4, 0.5) is 5.82 Å². The van der Waals surface area contributed by atoms with E-state index in [1.165, 1.54) is 18.4 Å². The molecular formula is C25H36N6O2. The van der Waals surface area contributed by atoms with Gasteiger partial charge in [0.15, 0.2) is 11.4 Å². The minimum Gasteiger partial charge on any atom is -0.432 e. The first-order valence-corrected chi connectivity index (χ1v) is 12.6. The van der Waals surface area contributed by atoms with E-state index in [9.17, 15) is 0 Å². The van der Waals surface area contributed by atoms with Crippen molar-refractivity contribution in [2.24, 2.45) is 28.0 Å². The summed E-state index contributed by atoms with van der Waals surface area (Å²) in [7, 11) is 0. The molecular weight excluding hydrogens is 416 g/mol. The maximum absolute atomic E-state index is 7.13. The van der Waals surface area contributed by atoms with Crippen molar-refractivity contribution >= 4 is 22.5 Å². The lowest BCUT2D eigenvalue weighted by molar-refractivity contribution is 0.0398. The van der Waals surface area contributed by atoms with Crippen LogP contribution in [0.2, 0.25) is 0 Å². The van der Waals surface area contributed by atoms with E-state index in [-0.39, 0.29) is 11.3 Å². The van der Waals surface area contributed by atoms with Crippen molar-refractivity contribution in [1.29, 1.82) is 0 Å². The third-order valence-electron chi connectivity index (χ3n) is 8.41. The molecule has 3 N–H and O–H groups in total. The number of nitrogens with one attached hydrogen (secondary N) is 1. The zero-order valence-corrected chi connectivity index (χ0v) is 19.9. The minimum absolute atomic E-state index is 0.247. The maximum Gasteiger partial charge on any atom is 0.226 e. The summed E-state index contributed by atoms with van der Waals surface area (Å²) in [5, 5.41) is 4.57. The second-order valence-corrected chi connectivity index (χ2v) is 11.1. The zero-order valence-electron chi connectivity index (χ0n) is 19.9. The molecule has 8 nitrogen and oxygen atoms in total. The summed E-state index contributed by atoms with van der Waals surface area (Å²) < 4.78 is 11.9. The van der Waals surface area contributed by atoms with Crippen molar-refractivity contribution in [2.45, 2.75) is 58.0 Å². The first-order chi connectivity index (χ1) is 15.9. The summed E-state index contributed by atoms with van der Waals surface area (Å²) in [5.74, 6) is 1.46. The van der Waals surface area contributed by atoms with Crippen molar-refractivity contribution in [3.8, 4) is 0 Å². The lowest BCUT2D eigenvalue weighted by atomic mass is 9.60. The summed E-state index contributed by atoms with van der Waals surface area (Å²) in [5.41, 5.74) is 10.5. The van der Waals surface area contributed by atoms with E-state index < -0.39 is 5.66 Å². The standard InChI is InChI=1S/C25H36N6O2/c1-24(2)7-6-18-17(14-24)19-20-21(33-23(19)30-25(18,26)16-4-3-5-16)22(29-15-28-20)27-8-9-31-10-12-32-13-11-31/h15-16,18H,3-14,26H2,1-2H3,(H,27,28,29). The molecule has 2 aromatic rings. The molecule has 2 aliphatic carbocycles. The van der Waals surface area contributed by atoms with Crippen molar-refractivity contribution in [1.82, 2.24) is 14.9 Å². The number of furan rings is 1. The number of rotatable bonds is 5. The number of aromatic nitrogens is 2. The van der Waals surface area contributed by atoms with E-state index in [0.717, 1.165) is 81.6 Å². The number of nitrogens with zero attached hydrogens (tertiary/aromatic N) is 4. The Morgan fingerprint density at radius 1 is 1.18 bits per heavy atom. The quantitative estimate of drug-likeness (QED) is 0.716. The van der Waals surface area contributed by atoms with E-state index in [1.54, 1.807) is 6.33 Å². The fourth-order valence-corrected chi connectivity index (χ4v) is 6.26. The van der Waals surface area contributed by atoms with Gasteiger partial charge in [0.05, 0.1) is 18.4 Å². The highest BCUT2D eigenvalue weighted by atomic mass is 16.5. The average Bonchev–Trinajstić information content (AvgIpc) is 3.11. The fourth-order valence-electron chi connectivity index (χ4n) is 6.26. The summed E-state index contributed by atoms with van der Waals surface area (Å²) in [4.78, 5) is 16.8. The van der Waals surface area contributed by atoms with Gasteiger partial charge in [-0.05, 0) is 49.0 Å². The molecule has 2 atom stereocenters. The van der Waals surface area contributed by atoms with Crippen LogP contribution in [-0.4, -0.2) is 59.9 Å². The number of hydrogen-bond acceptors (Lipinski definition) is 8. The molecule has 2 saturated carbocycles. The van der Waals surface area contributed by atoms with E-state index in [0.29, 0.717) is 17.1 Å². The highest BCUT2D eigenvalue weighted by molar-refractivity contribution is 5.85. The summed E-state index contributed by atoms with van der Waals surface area (Å²) in [6, 6.07) is 0. The molecule has 2 unspecified atom stereocenters. The largest absolute Gasteiger partial charge is 0.432 e. The predicted octanol–water partition coefficient (Wildman–Crippen LogP) is 2.03. The molecule has 3 fully saturated rings. The Morgan fingerprint density at radius 3 is 2.76 bits per heavy atom. The molecule has 0 radical (unpaired) electrons. The van der Waals surface area contributed by atoms with Crippen LogP contribution in [0.3, 0.4) is 0 Å². The molecule has 1 saturated heterocycles. The number of nitrogens with two attached hydrogens (primary N) is 1. The topological polar surface area (TPSA) is 102 Å². The van der Waals surface area contributed by atoms with E-state index >= 15 is 0 Å². The van der Waals surface area contributed by atoms with Crippen molar-refractivity contribution < 1.29 is 9.15 Å². The predicted molar refractivity (Wildman–Crippen MR) is 127 cm³/mol. The summed E-state index contributed by atoms with van der Waals surface area (Å²) in [6.45, 7) is 10.0. The molecule has 0 amide bonds. The molecule has 33 heavy (non-hydrogen) atoms. The van der Waals surface area contributed by atoms with Gasteiger partial charge < -0.3 is 20.2 Å². The number of hydrogen-bond donors (Lipinski definition) is 2. The van der Waals surface area contributed by atoms with Crippen LogP contribution < -0.4 is 21.8 Å². The van der Waals surface area contributed by atoms with Gasteiger partial charge in [0.1, 0.15) is 17.5 Å². The zero-order chi connectivity index (χ0) is 22.6. The Bertz CT molecular complexity index is 1160. The van der Waals surface area contributed by atoms with Gasteiger partial charge in [0.2, 0.25) is 5.55 Å². The van der Waals surface area contributed by atoms with Gasteiger partial charge in [-0.25, -0.2) is 15.0 Å². The lowest BCUT2D eigenvalue weighted by Crippen LogP contribution is -2.60. The van der Waals surface area contributed by atoms with Gasteiger partial charge in [-0.1, -0.05) is 20.3 Å². The first kappa shape index (κ1) is 21.5. The van der Waals surface area contributed by atoms with Crippen LogP contribution in [0.5, 0.6) is 0 Å². The number of ether oxygens (including phenoxy) is 1. The van der Waals surface area contributed by atoms with Crippen LogP contribution in [0, 0.1) is 17.3 Å². The molecule has 2 aromatic heterocycles. The van der Waals surface area contributed by atoms with Crippen molar-refractivity contribution in [3.63, 3.8) is 0 Å². The summed E-state index contributed by atoms with van der Waals surface area (Å²) >= 11 is 0.